The topological polar surface area (TPSA) is 84.5 Å². The lowest BCUT2D eigenvalue weighted by molar-refractivity contribution is 0.102. The second kappa shape index (κ2) is 9.68. The zero-order valence-corrected chi connectivity index (χ0v) is 17.3. The molecule has 0 aliphatic rings. The van der Waals surface area contributed by atoms with Crippen LogP contribution in [-0.2, 0) is 10.0 Å². The molecule has 0 radical (unpaired) electrons. The quantitative estimate of drug-likeness (QED) is 0.563. The van der Waals surface area contributed by atoms with E-state index in [1.54, 1.807) is 18.2 Å². The number of halogens is 1. The van der Waals surface area contributed by atoms with E-state index >= 15 is 0 Å². The minimum atomic E-state index is -3.59. The Labute approximate surface area is 167 Å². The van der Waals surface area contributed by atoms with Crippen LogP contribution >= 0.6 is 15.9 Å². The minimum Gasteiger partial charge on any atom is -0.492 e. The van der Waals surface area contributed by atoms with Gasteiger partial charge in [-0.25, -0.2) is 13.1 Å². The smallest absolute Gasteiger partial charge is 0.255 e. The Morgan fingerprint density at radius 1 is 1.22 bits per heavy atom. The van der Waals surface area contributed by atoms with Gasteiger partial charge in [-0.2, -0.15) is 0 Å². The SMILES string of the molecule is C=CCNS(=O)(=O)c1ccc(NC(=O)c2ccc(OCCC)c(Br)c2)cc1. The van der Waals surface area contributed by atoms with Gasteiger partial charge in [-0.1, -0.05) is 13.0 Å². The molecule has 0 fully saturated rings. The summed E-state index contributed by atoms with van der Waals surface area (Å²) in [6.45, 7) is 6.23. The Morgan fingerprint density at radius 3 is 2.52 bits per heavy atom. The number of hydrogen-bond donors (Lipinski definition) is 2. The fourth-order valence-electron chi connectivity index (χ4n) is 2.14. The summed E-state index contributed by atoms with van der Waals surface area (Å²) in [4.78, 5) is 12.5. The molecule has 8 heteroatoms. The standard InChI is InChI=1S/C19H21BrN2O4S/c1-3-11-21-27(24,25)16-8-6-15(7-9-16)22-19(23)14-5-10-18(17(20)13-14)26-12-4-2/h3,5-10,13,21H,1,4,11-12H2,2H3,(H,22,23). The second-order valence-electron chi connectivity index (χ2n) is 5.61. The van der Waals surface area contributed by atoms with Gasteiger partial charge in [-0.15, -0.1) is 6.58 Å². The summed E-state index contributed by atoms with van der Waals surface area (Å²) < 4.78 is 32.7. The predicted molar refractivity (Wildman–Crippen MR) is 110 cm³/mol. The molecule has 2 rings (SSSR count). The van der Waals surface area contributed by atoms with Crippen molar-refractivity contribution < 1.29 is 17.9 Å². The van der Waals surface area contributed by atoms with Crippen LogP contribution in [0.2, 0.25) is 0 Å². The average molecular weight is 453 g/mol. The number of amides is 1. The number of carbonyl (C=O) groups is 1. The van der Waals surface area contributed by atoms with Crippen molar-refractivity contribution >= 4 is 37.5 Å². The van der Waals surface area contributed by atoms with Crippen molar-refractivity contribution in [3.8, 4) is 5.75 Å². The molecule has 0 saturated heterocycles. The van der Waals surface area contributed by atoms with E-state index in [4.69, 9.17) is 4.74 Å². The predicted octanol–water partition coefficient (Wildman–Crippen LogP) is 3.95. The van der Waals surface area contributed by atoms with Gasteiger partial charge < -0.3 is 10.1 Å². The second-order valence-corrected chi connectivity index (χ2v) is 8.23. The van der Waals surface area contributed by atoms with Gasteiger partial charge in [0.05, 0.1) is 16.0 Å². The highest BCUT2D eigenvalue weighted by atomic mass is 79.9. The van der Waals surface area contributed by atoms with Gasteiger partial charge in [0.1, 0.15) is 5.75 Å². The van der Waals surface area contributed by atoms with Crippen molar-refractivity contribution in [2.24, 2.45) is 0 Å². The molecular formula is C19H21BrN2O4S. The Balaban J connectivity index is 2.07. The number of benzene rings is 2. The van der Waals surface area contributed by atoms with E-state index in [9.17, 15) is 13.2 Å². The molecule has 2 aromatic carbocycles. The molecule has 0 aliphatic heterocycles. The third-order valence-electron chi connectivity index (χ3n) is 3.50. The van der Waals surface area contributed by atoms with Crippen LogP contribution < -0.4 is 14.8 Å². The summed E-state index contributed by atoms with van der Waals surface area (Å²) in [5.41, 5.74) is 0.945. The van der Waals surface area contributed by atoms with E-state index in [1.807, 2.05) is 6.92 Å². The fourth-order valence-corrected chi connectivity index (χ4v) is 3.64. The first-order valence-electron chi connectivity index (χ1n) is 8.31. The van der Waals surface area contributed by atoms with E-state index in [0.717, 1.165) is 6.42 Å². The monoisotopic (exact) mass is 452 g/mol. The Kier molecular flexibility index (Phi) is 7.58. The van der Waals surface area contributed by atoms with Crippen LogP contribution in [-0.4, -0.2) is 27.5 Å². The molecule has 0 saturated carbocycles. The maximum atomic E-state index is 12.4. The summed E-state index contributed by atoms with van der Waals surface area (Å²) in [7, 11) is -3.59. The van der Waals surface area contributed by atoms with Crippen molar-refractivity contribution in [3.63, 3.8) is 0 Å². The Morgan fingerprint density at radius 2 is 1.93 bits per heavy atom. The third-order valence-corrected chi connectivity index (χ3v) is 5.56. The first-order valence-corrected chi connectivity index (χ1v) is 10.6. The van der Waals surface area contributed by atoms with E-state index in [-0.39, 0.29) is 17.3 Å². The molecule has 0 atom stereocenters. The lowest BCUT2D eigenvalue weighted by Gasteiger charge is -2.10. The molecule has 2 N–H and O–H groups in total. The van der Waals surface area contributed by atoms with Gasteiger partial charge in [0.2, 0.25) is 10.0 Å². The largest absolute Gasteiger partial charge is 0.492 e. The molecule has 0 aromatic heterocycles. The lowest BCUT2D eigenvalue weighted by atomic mass is 10.2. The number of sulfonamides is 1. The molecule has 0 unspecified atom stereocenters. The number of nitrogens with one attached hydrogen (secondary N) is 2. The molecule has 0 spiro atoms. The van der Waals surface area contributed by atoms with Gasteiger partial charge in [0.15, 0.2) is 0 Å². The highest BCUT2D eigenvalue weighted by molar-refractivity contribution is 9.10. The molecule has 1 amide bonds. The van der Waals surface area contributed by atoms with Crippen LogP contribution in [0.1, 0.15) is 23.7 Å². The van der Waals surface area contributed by atoms with E-state index in [0.29, 0.717) is 28.1 Å². The number of anilines is 1. The number of ether oxygens (including phenoxy) is 1. The highest BCUT2D eigenvalue weighted by Gasteiger charge is 2.14. The number of rotatable bonds is 9. The van der Waals surface area contributed by atoms with Crippen LogP contribution in [0.15, 0.2) is 64.5 Å². The van der Waals surface area contributed by atoms with Crippen molar-refractivity contribution in [1.29, 1.82) is 0 Å². The third kappa shape index (κ3) is 5.92. The van der Waals surface area contributed by atoms with Crippen LogP contribution in [0.25, 0.3) is 0 Å². The van der Waals surface area contributed by atoms with Crippen LogP contribution in [0.3, 0.4) is 0 Å². The normalized spacial score (nSPS) is 11.0. The Hall–Kier alpha value is -2.16. The average Bonchev–Trinajstić information content (AvgIpc) is 2.66. The molecule has 6 nitrogen and oxygen atoms in total. The van der Waals surface area contributed by atoms with E-state index < -0.39 is 10.0 Å². The van der Waals surface area contributed by atoms with Crippen molar-refractivity contribution in [1.82, 2.24) is 4.72 Å². The van der Waals surface area contributed by atoms with Crippen LogP contribution in [0.4, 0.5) is 5.69 Å². The summed E-state index contributed by atoms with van der Waals surface area (Å²) in [5.74, 6) is 0.369. The number of carbonyl (C=O) groups excluding carboxylic acids is 1. The van der Waals surface area contributed by atoms with Gasteiger partial charge in [0.25, 0.3) is 5.91 Å². The molecular weight excluding hydrogens is 432 g/mol. The maximum Gasteiger partial charge on any atom is 0.255 e. The van der Waals surface area contributed by atoms with Gasteiger partial charge >= 0.3 is 0 Å². The molecule has 144 valence electrons. The molecule has 0 aliphatic carbocycles. The zero-order chi connectivity index (χ0) is 19.9. The number of hydrogen-bond acceptors (Lipinski definition) is 4. The summed E-state index contributed by atoms with van der Waals surface area (Å²) in [6.07, 6.45) is 2.35. The van der Waals surface area contributed by atoms with Crippen molar-refractivity contribution in [2.75, 3.05) is 18.5 Å². The zero-order valence-electron chi connectivity index (χ0n) is 14.9. The van der Waals surface area contributed by atoms with Crippen LogP contribution in [0.5, 0.6) is 5.75 Å². The summed E-state index contributed by atoms with van der Waals surface area (Å²) in [5, 5.41) is 2.74. The van der Waals surface area contributed by atoms with Gasteiger partial charge in [-0.05, 0) is 64.8 Å². The van der Waals surface area contributed by atoms with Crippen LogP contribution in [0, 0.1) is 0 Å². The fraction of sp³-hybridized carbons (Fsp3) is 0.211. The van der Waals surface area contributed by atoms with Gasteiger partial charge in [0, 0.05) is 17.8 Å². The molecule has 27 heavy (non-hydrogen) atoms. The van der Waals surface area contributed by atoms with E-state index in [2.05, 4.69) is 32.5 Å². The molecule has 2 aromatic rings. The first kappa shape index (κ1) is 21.1. The van der Waals surface area contributed by atoms with Crippen molar-refractivity contribution in [3.05, 3.63) is 65.2 Å². The molecule has 0 heterocycles. The van der Waals surface area contributed by atoms with Crippen molar-refractivity contribution in [2.45, 2.75) is 18.2 Å². The maximum absolute atomic E-state index is 12.4. The van der Waals surface area contributed by atoms with E-state index in [1.165, 1.54) is 30.3 Å². The highest BCUT2D eigenvalue weighted by Crippen LogP contribution is 2.26. The lowest BCUT2D eigenvalue weighted by Crippen LogP contribution is -2.23. The Bertz CT molecular complexity index is 912. The minimum absolute atomic E-state index is 0.113. The summed E-state index contributed by atoms with van der Waals surface area (Å²) >= 11 is 3.40. The first-order chi connectivity index (χ1) is 12.9. The molecule has 0 bridgehead atoms. The van der Waals surface area contributed by atoms with Gasteiger partial charge in [-0.3, -0.25) is 4.79 Å². The summed E-state index contributed by atoms with van der Waals surface area (Å²) in [6, 6.07) is 11.0.